The van der Waals surface area contributed by atoms with Gasteiger partial charge in [-0.1, -0.05) is 12.1 Å². The molecule has 0 spiro atoms. The van der Waals surface area contributed by atoms with Gasteiger partial charge < -0.3 is 9.84 Å². The van der Waals surface area contributed by atoms with Crippen LogP contribution in [0.2, 0.25) is 0 Å². The van der Waals surface area contributed by atoms with Gasteiger partial charge in [-0.25, -0.2) is 9.78 Å². The maximum atomic E-state index is 10.9. The molecule has 5 nitrogen and oxygen atoms in total. The molecule has 0 aliphatic heterocycles. The third-order valence-corrected chi connectivity index (χ3v) is 2.73. The lowest BCUT2D eigenvalue weighted by Gasteiger charge is -2.08. The molecule has 19 heavy (non-hydrogen) atoms. The monoisotopic (exact) mass is 258 g/mol. The van der Waals surface area contributed by atoms with E-state index in [4.69, 9.17) is 9.84 Å². The number of aromatic nitrogens is 2. The van der Waals surface area contributed by atoms with Gasteiger partial charge in [0.15, 0.2) is 0 Å². The minimum atomic E-state index is -1.05. The topological polar surface area (TPSA) is 72.3 Å². The Labute approximate surface area is 110 Å². The number of nitrogens with zero attached hydrogens (tertiary/aromatic N) is 2. The highest BCUT2D eigenvalue weighted by Gasteiger charge is 2.11. The first-order valence-corrected chi connectivity index (χ1v) is 5.79. The minimum absolute atomic E-state index is 0.0771. The summed E-state index contributed by atoms with van der Waals surface area (Å²) in [6.45, 7) is 5.50. The number of carboxylic acids is 1. The number of ether oxygens (including phenoxy) is 1. The van der Waals surface area contributed by atoms with E-state index in [1.807, 2.05) is 32.0 Å². The van der Waals surface area contributed by atoms with Crippen LogP contribution in [0.5, 0.6) is 11.8 Å². The molecule has 0 saturated heterocycles. The first kappa shape index (κ1) is 13.0. The van der Waals surface area contributed by atoms with Crippen LogP contribution in [-0.2, 0) is 0 Å². The van der Waals surface area contributed by atoms with Crippen molar-refractivity contribution >= 4 is 5.97 Å². The van der Waals surface area contributed by atoms with E-state index >= 15 is 0 Å². The molecule has 0 unspecified atom stereocenters. The van der Waals surface area contributed by atoms with E-state index in [9.17, 15) is 4.79 Å². The van der Waals surface area contributed by atoms with Crippen molar-refractivity contribution in [3.63, 3.8) is 0 Å². The molecule has 0 saturated carbocycles. The third-order valence-electron chi connectivity index (χ3n) is 2.73. The van der Waals surface area contributed by atoms with E-state index in [2.05, 4.69) is 9.97 Å². The van der Waals surface area contributed by atoms with Gasteiger partial charge in [0.1, 0.15) is 5.75 Å². The number of hydrogen-bond donors (Lipinski definition) is 1. The molecule has 2 rings (SSSR count). The lowest BCUT2D eigenvalue weighted by molar-refractivity contribution is 0.0695. The summed E-state index contributed by atoms with van der Waals surface area (Å²) >= 11 is 0. The van der Waals surface area contributed by atoms with Gasteiger partial charge in [-0.3, -0.25) is 0 Å². The number of carboxylic acid groups (broad SMARTS) is 1. The summed E-state index contributed by atoms with van der Waals surface area (Å²) in [6, 6.07) is 5.97. The minimum Gasteiger partial charge on any atom is -0.478 e. The second kappa shape index (κ2) is 5.06. The van der Waals surface area contributed by atoms with Gasteiger partial charge in [0.2, 0.25) is 0 Å². The predicted molar refractivity (Wildman–Crippen MR) is 69.7 cm³/mol. The molecule has 0 aliphatic carbocycles. The van der Waals surface area contributed by atoms with Crippen molar-refractivity contribution in [2.24, 2.45) is 0 Å². The van der Waals surface area contributed by atoms with Crippen LogP contribution in [0.4, 0.5) is 0 Å². The number of benzene rings is 1. The zero-order valence-electron chi connectivity index (χ0n) is 11.0. The molecule has 0 amide bonds. The Morgan fingerprint density at radius 3 is 2.63 bits per heavy atom. The lowest BCUT2D eigenvalue weighted by Crippen LogP contribution is -2.04. The molecule has 0 atom stereocenters. The molecule has 2 aromatic rings. The highest BCUT2D eigenvalue weighted by molar-refractivity contribution is 5.88. The number of hydrogen-bond acceptors (Lipinski definition) is 4. The average molecular weight is 258 g/mol. The van der Waals surface area contributed by atoms with E-state index in [1.165, 1.54) is 6.20 Å². The second-order valence-electron chi connectivity index (χ2n) is 4.33. The van der Waals surface area contributed by atoms with Crippen LogP contribution in [0.3, 0.4) is 0 Å². The zero-order chi connectivity index (χ0) is 14.0. The highest BCUT2D eigenvalue weighted by Crippen LogP contribution is 2.24. The molecule has 1 aromatic carbocycles. The number of aryl methyl sites for hydroxylation is 3. The second-order valence-corrected chi connectivity index (χ2v) is 4.33. The van der Waals surface area contributed by atoms with Crippen molar-refractivity contribution in [3.05, 3.63) is 46.8 Å². The molecule has 0 fully saturated rings. The van der Waals surface area contributed by atoms with Gasteiger partial charge in [-0.15, -0.1) is 0 Å². The summed E-state index contributed by atoms with van der Waals surface area (Å²) in [4.78, 5) is 18.8. The van der Waals surface area contributed by atoms with Crippen LogP contribution in [0.15, 0.2) is 24.4 Å². The summed E-state index contributed by atoms with van der Waals surface area (Å²) in [5, 5.41) is 8.91. The van der Waals surface area contributed by atoms with Gasteiger partial charge in [0.05, 0.1) is 11.3 Å². The maximum absolute atomic E-state index is 10.9. The summed E-state index contributed by atoms with van der Waals surface area (Å²) < 4.78 is 5.59. The first-order valence-electron chi connectivity index (χ1n) is 5.79. The van der Waals surface area contributed by atoms with Crippen molar-refractivity contribution in [2.75, 3.05) is 0 Å². The Morgan fingerprint density at radius 1 is 1.26 bits per heavy atom. The lowest BCUT2D eigenvalue weighted by atomic mass is 10.1. The Bertz CT molecular complexity index is 639. The van der Waals surface area contributed by atoms with Crippen molar-refractivity contribution in [1.82, 2.24) is 9.97 Å². The normalized spacial score (nSPS) is 10.3. The van der Waals surface area contributed by atoms with Crippen LogP contribution >= 0.6 is 0 Å². The van der Waals surface area contributed by atoms with Gasteiger partial charge in [-0.2, -0.15) is 4.98 Å². The SMILES string of the molecule is Cc1ccc(C)c(Oc2ncc(C(=O)O)c(C)n2)c1. The van der Waals surface area contributed by atoms with Crippen LogP contribution in [0, 0.1) is 20.8 Å². The molecular weight excluding hydrogens is 244 g/mol. The number of carbonyl (C=O) groups is 1. The van der Waals surface area contributed by atoms with Crippen molar-refractivity contribution in [2.45, 2.75) is 20.8 Å². The summed E-state index contributed by atoms with van der Waals surface area (Å²) in [7, 11) is 0. The zero-order valence-corrected chi connectivity index (χ0v) is 11.0. The quantitative estimate of drug-likeness (QED) is 0.916. The fourth-order valence-corrected chi connectivity index (χ4v) is 1.62. The number of aromatic carboxylic acids is 1. The van der Waals surface area contributed by atoms with E-state index < -0.39 is 5.97 Å². The van der Waals surface area contributed by atoms with Crippen molar-refractivity contribution in [1.29, 1.82) is 0 Å². The smallest absolute Gasteiger partial charge is 0.339 e. The third kappa shape index (κ3) is 2.88. The molecule has 5 heteroatoms. The fourth-order valence-electron chi connectivity index (χ4n) is 1.62. The number of rotatable bonds is 3. The Hall–Kier alpha value is -2.43. The first-order chi connectivity index (χ1) is 8.97. The van der Waals surface area contributed by atoms with Crippen molar-refractivity contribution in [3.8, 4) is 11.8 Å². The Balaban J connectivity index is 2.31. The molecule has 1 heterocycles. The molecule has 1 aromatic heterocycles. The molecule has 1 N–H and O–H groups in total. The summed E-state index contributed by atoms with van der Waals surface area (Å²) in [6.07, 6.45) is 1.26. The predicted octanol–water partition coefficient (Wildman–Crippen LogP) is 2.89. The van der Waals surface area contributed by atoms with Gasteiger partial charge >= 0.3 is 12.0 Å². The molecule has 0 radical (unpaired) electrons. The molecule has 0 bridgehead atoms. The van der Waals surface area contributed by atoms with E-state index in [0.717, 1.165) is 11.1 Å². The average Bonchev–Trinajstić information content (AvgIpc) is 2.33. The Morgan fingerprint density at radius 2 is 2.00 bits per heavy atom. The van der Waals surface area contributed by atoms with Gasteiger partial charge in [-0.05, 0) is 38.0 Å². The largest absolute Gasteiger partial charge is 0.478 e. The van der Waals surface area contributed by atoms with E-state index in [0.29, 0.717) is 11.4 Å². The summed E-state index contributed by atoms with van der Waals surface area (Å²) in [5.74, 6) is -0.377. The van der Waals surface area contributed by atoms with Crippen LogP contribution in [0.1, 0.15) is 27.2 Å². The van der Waals surface area contributed by atoms with Crippen molar-refractivity contribution < 1.29 is 14.6 Å². The Kier molecular flexibility index (Phi) is 3.46. The van der Waals surface area contributed by atoms with E-state index in [-0.39, 0.29) is 11.6 Å². The maximum Gasteiger partial charge on any atom is 0.339 e. The fraction of sp³-hybridized carbons (Fsp3) is 0.214. The standard InChI is InChI=1S/C14H14N2O3/c1-8-4-5-9(2)12(6-8)19-14-15-7-11(13(17)18)10(3)16-14/h4-7H,1-3H3,(H,17,18). The van der Waals surface area contributed by atoms with Crippen LogP contribution in [0.25, 0.3) is 0 Å². The molecule has 0 aliphatic rings. The van der Waals surface area contributed by atoms with Gasteiger partial charge in [0.25, 0.3) is 0 Å². The van der Waals surface area contributed by atoms with Crippen LogP contribution < -0.4 is 4.74 Å². The highest BCUT2D eigenvalue weighted by atomic mass is 16.5. The molecular formula is C14H14N2O3. The molecule has 98 valence electrons. The van der Waals surface area contributed by atoms with E-state index in [1.54, 1.807) is 6.92 Å². The van der Waals surface area contributed by atoms with Crippen LogP contribution in [-0.4, -0.2) is 21.0 Å². The summed E-state index contributed by atoms with van der Waals surface area (Å²) in [5.41, 5.74) is 2.49. The van der Waals surface area contributed by atoms with Gasteiger partial charge in [0, 0.05) is 6.20 Å².